The summed E-state index contributed by atoms with van der Waals surface area (Å²) in [6, 6.07) is -0.699. The van der Waals surface area contributed by atoms with E-state index in [1.54, 1.807) is 6.42 Å². The number of nitrogens with one attached hydrogen (secondary N) is 2. The van der Waals surface area contributed by atoms with Crippen molar-refractivity contribution in [3.63, 3.8) is 0 Å². The van der Waals surface area contributed by atoms with Crippen LogP contribution in [0, 0.1) is 13.3 Å². The molecule has 0 unspecified atom stereocenters. The highest BCUT2D eigenvalue weighted by molar-refractivity contribution is 7.99. The van der Waals surface area contributed by atoms with Crippen LogP contribution >= 0.6 is 11.8 Å². The number of hydrogen-bond donors (Lipinski definition) is 4. The standard InChI is InChI=1S/C22H39N5O4S/c1-3-5-6-7-8-9-10-11-12-21(30)23-19(17-32-13-4-2)22(31)24-20-15-27(26-25-20)14-18(29)16-28/h4,15,18-19,28-29H,2-3,5-14,16-17H2,1H3,(H,23,30)(H,24,31)/t18-,19-/m1/s1. The normalized spacial score (nSPS) is 13.0. The van der Waals surface area contributed by atoms with Crippen LogP contribution in [0.5, 0.6) is 0 Å². The predicted octanol–water partition coefficient (Wildman–Crippen LogP) is 2.36. The van der Waals surface area contributed by atoms with E-state index >= 15 is 0 Å². The van der Waals surface area contributed by atoms with Crippen molar-refractivity contribution in [2.24, 2.45) is 0 Å². The molecule has 182 valence electrons. The molecule has 1 heterocycles. The van der Waals surface area contributed by atoms with Crippen molar-refractivity contribution in [1.29, 1.82) is 0 Å². The first kappa shape index (κ1) is 28.4. The van der Waals surface area contributed by atoms with Crippen LogP contribution in [0.3, 0.4) is 0 Å². The number of aromatic nitrogens is 3. The lowest BCUT2D eigenvalue weighted by molar-refractivity contribution is -0.126. The van der Waals surface area contributed by atoms with E-state index < -0.39 is 18.8 Å². The Bertz CT molecular complexity index is 644. The molecule has 1 aromatic rings. The maximum Gasteiger partial charge on any atom is 0.249 e. The van der Waals surface area contributed by atoms with Crippen LogP contribution in [-0.2, 0) is 16.1 Å². The van der Waals surface area contributed by atoms with Crippen LogP contribution in [0.2, 0.25) is 0 Å². The SMILES string of the molecule is [CH2][CH]CSC[C@@H](NC(=O)CCCCCCCCCC)C(=O)Nc1cn(C[C@@H](O)CO)nn1. The molecule has 2 atom stereocenters. The molecule has 2 radical (unpaired) electrons. The van der Waals surface area contributed by atoms with Gasteiger partial charge in [0, 0.05) is 12.2 Å². The maximum atomic E-state index is 12.7. The van der Waals surface area contributed by atoms with Gasteiger partial charge in [-0.2, -0.15) is 11.8 Å². The zero-order valence-corrected chi connectivity index (χ0v) is 20.0. The molecule has 0 spiro atoms. The second-order valence-electron chi connectivity index (χ2n) is 7.82. The minimum atomic E-state index is -0.959. The van der Waals surface area contributed by atoms with Crippen molar-refractivity contribution < 1.29 is 19.8 Å². The molecule has 1 rings (SSSR count). The molecular weight excluding hydrogens is 430 g/mol. The fourth-order valence-electron chi connectivity index (χ4n) is 3.07. The van der Waals surface area contributed by atoms with E-state index in [1.165, 1.54) is 54.7 Å². The van der Waals surface area contributed by atoms with E-state index in [1.807, 2.05) is 0 Å². The number of anilines is 1. The quantitative estimate of drug-likeness (QED) is 0.229. The molecule has 4 N–H and O–H groups in total. The number of aliphatic hydroxyl groups is 2. The van der Waals surface area contributed by atoms with E-state index in [4.69, 9.17) is 5.11 Å². The van der Waals surface area contributed by atoms with Crippen molar-refractivity contribution in [3.05, 3.63) is 19.5 Å². The highest BCUT2D eigenvalue weighted by atomic mass is 32.2. The molecule has 1 aromatic heterocycles. The van der Waals surface area contributed by atoms with E-state index in [0.717, 1.165) is 19.3 Å². The Balaban J connectivity index is 2.45. The summed E-state index contributed by atoms with van der Waals surface area (Å²) in [5.74, 6) is 0.799. The minimum Gasteiger partial charge on any atom is -0.394 e. The van der Waals surface area contributed by atoms with Crippen LogP contribution < -0.4 is 10.6 Å². The fraction of sp³-hybridized carbons (Fsp3) is 0.727. The molecule has 0 aliphatic heterocycles. The average Bonchev–Trinajstić information content (AvgIpc) is 3.21. The number of unbranched alkanes of at least 4 members (excludes halogenated alkanes) is 7. The second-order valence-corrected chi connectivity index (χ2v) is 8.90. The molecule has 2 amide bonds. The molecule has 0 fully saturated rings. The first-order chi connectivity index (χ1) is 15.5. The molecule has 9 nitrogen and oxygen atoms in total. The second kappa shape index (κ2) is 17.9. The number of amides is 2. The summed E-state index contributed by atoms with van der Waals surface area (Å²) < 4.78 is 1.33. The molecule has 32 heavy (non-hydrogen) atoms. The van der Waals surface area contributed by atoms with Crippen molar-refractivity contribution in [2.75, 3.05) is 23.4 Å². The van der Waals surface area contributed by atoms with Crippen LogP contribution in [0.15, 0.2) is 6.20 Å². The monoisotopic (exact) mass is 469 g/mol. The number of aliphatic hydroxyl groups excluding tert-OH is 2. The van der Waals surface area contributed by atoms with Gasteiger partial charge in [0.15, 0.2) is 5.82 Å². The third-order valence-electron chi connectivity index (χ3n) is 4.83. The molecule has 10 heteroatoms. The Morgan fingerprint density at radius 2 is 1.91 bits per heavy atom. The Hall–Kier alpha value is -1.65. The van der Waals surface area contributed by atoms with Gasteiger partial charge in [-0.15, -0.1) is 5.10 Å². The van der Waals surface area contributed by atoms with Crippen molar-refractivity contribution in [2.45, 2.75) is 83.4 Å². The number of carbonyl (C=O) groups excluding carboxylic acids is 2. The Morgan fingerprint density at radius 1 is 1.22 bits per heavy atom. The lowest BCUT2D eigenvalue weighted by atomic mass is 10.1. The van der Waals surface area contributed by atoms with Gasteiger partial charge in [-0.3, -0.25) is 9.59 Å². The average molecular weight is 470 g/mol. The Morgan fingerprint density at radius 3 is 2.56 bits per heavy atom. The minimum absolute atomic E-state index is 0.0628. The first-order valence-electron chi connectivity index (χ1n) is 11.5. The Kier molecular flexibility index (Phi) is 15.8. The summed E-state index contributed by atoms with van der Waals surface area (Å²) in [6.45, 7) is 5.55. The zero-order chi connectivity index (χ0) is 23.6. The number of hydrogen-bond acceptors (Lipinski definition) is 7. The number of nitrogens with zero attached hydrogens (tertiary/aromatic N) is 3. The van der Waals surface area contributed by atoms with Crippen molar-refractivity contribution in [3.8, 4) is 0 Å². The molecule has 0 aromatic carbocycles. The zero-order valence-electron chi connectivity index (χ0n) is 19.2. The van der Waals surface area contributed by atoms with Gasteiger partial charge in [0.05, 0.1) is 25.5 Å². The summed E-state index contributed by atoms with van der Waals surface area (Å²) in [4.78, 5) is 25.1. The van der Waals surface area contributed by atoms with Gasteiger partial charge in [0.1, 0.15) is 6.04 Å². The summed E-state index contributed by atoms with van der Waals surface area (Å²) in [7, 11) is 0. The highest BCUT2D eigenvalue weighted by Gasteiger charge is 2.22. The van der Waals surface area contributed by atoms with E-state index in [0.29, 0.717) is 17.9 Å². The fourth-order valence-corrected chi connectivity index (χ4v) is 3.84. The van der Waals surface area contributed by atoms with Crippen LogP contribution in [-0.4, -0.2) is 67.3 Å². The number of carbonyl (C=O) groups is 2. The molecule has 0 bridgehead atoms. The van der Waals surface area contributed by atoms with Gasteiger partial charge in [-0.1, -0.05) is 57.1 Å². The van der Waals surface area contributed by atoms with Crippen molar-refractivity contribution >= 4 is 29.4 Å². The summed E-state index contributed by atoms with van der Waals surface area (Å²) >= 11 is 1.50. The summed E-state index contributed by atoms with van der Waals surface area (Å²) in [5, 5.41) is 31.5. The smallest absolute Gasteiger partial charge is 0.249 e. The van der Waals surface area contributed by atoms with Gasteiger partial charge in [0.25, 0.3) is 0 Å². The first-order valence-corrected chi connectivity index (χ1v) is 12.6. The number of rotatable bonds is 19. The largest absolute Gasteiger partial charge is 0.394 e. The summed E-state index contributed by atoms with van der Waals surface area (Å²) in [5.41, 5.74) is 0. The molecule has 0 aliphatic rings. The van der Waals surface area contributed by atoms with Gasteiger partial charge in [-0.25, -0.2) is 4.68 Å². The number of thioether (sulfide) groups is 1. The van der Waals surface area contributed by atoms with Crippen molar-refractivity contribution in [1.82, 2.24) is 20.3 Å². The molecule has 0 saturated carbocycles. The van der Waals surface area contributed by atoms with Crippen LogP contribution in [0.25, 0.3) is 0 Å². The third-order valence-corrected chi connectivity index (χ3v) is 5.87. The van der Waals surface area contributed by atoms with Gasteiger partial charge >= 0.3 is 0 Å². The van der Waals surface area contributed by atoms with E-state index in [9.17, 15) is 14.7 Å². The highest BCUT2D eigenvalue weighted by Crippen LogP contribution is 2.11. The molecule has 0 aliphatic carbocycles. The lowest BCUT2D eigenvalue weighted by Crippen LogP contribution is -2.45. The molecular formula is C22H39N5O4S. The van der Waals surface area contributed by atoms with Crippen LogP contribution in [0.4, 0.5) is 5.82 Å². The summed E-state index contributed by atoms with van der Waals surface area (Å²) in [6.07, 6.45) is 11.9. The van der Waals surface area contributed by atoms with Gasteiger partial charge in [0.2, 0.25) is 11.8 Å². The maximum absolute atomic E-state index is 12.7. The van der Waals surface area contributed by atoms with Gasteiger partial charge in [-0.05, 0) is 25.5 Å². The third kappa shape index (κ3) is 13.0. The van der Waals surface area contributed by atoms with Gasteiger partial charge < -0.3 is 20.8 Å². The lowest BCUT2D eigenvalue weighted by Gasteiger charge is -2.17. The van der Waals surface area contributed by atoms with Crippen LogP contribution in [0.1, 0.15) is 64.7 Å². The topological polar surface area (TPSA) is 129 Å². The predicted molar refractivity (Wildman–Crippen MR) is 128 cm³/mol. The van der Waals surface area contributed by atoms with E-state index in [-0.39, 0.29) is 24.2 Å². The molecule has 0 saturated heterocycles. The Labute approximate surface area is 196 Å². The van der Waals surface area contributed by atoms with E-state index in [2.05, 4.69) is 34.8 Å².